The van der Waals surface area contributed by atoms with Gasteiger partial charge in [0.1, 0.15) is 0 Å². The van der Waals surface area contributed by atoms with Crippen molar-refractivity contribution in [1.82, 2.24) is 20.8 Å². The summed E-state index contributed by atoms with van der Waals surface area (Å²) in [4.78, 5) is 0. The summed E-state index contributed by atoms with van der Waals surface area (Å²) < 4.78 is 0. The van der Waals surface area contributed by atoms with Crippen LogP contribution in [0.2, 0.25) is 0 Å². The van der Waals surface area contributed by atoms with Crippen LogP contribution in [0, 0.1) is 0 Å². The highest BCUT2D eigenvalue weighted by atomic mass is 15.1. The van der Waals surface area contributed by atoms with Crippen molar-refractivity contribution in [3.05, 3.63) is 24.0 Å². The Morgan fingerprint density at radius 3 is 3.25 bits per heavy atom. The van der Waals surface area contributed by atoms with Crippen LogP contribution >= 0.6 is 0 Å². The van der Waals surface area contributed by atoms with Gasteiger partial charge in [0.15, 0.2) is 0 Å². The van der Waals surface area contributed by atoms with Gasteiger partial charge in [-0.15, -0.1) is 0 Å². The first-order valence-electron chi connectivity index (χ1n) is 6.08. The van der Waals surface area contributed by atoms with Gasteiger partial charge in [0.05, 0.1) is 5.69 Å². The second-order valence-corrected chi connectivity index (χ2v) is 4.53. The van der Waals surface area contributed by atoms with E-state index < -0.39 is 0 Å². The lowest BCUT2D eigenvalue weighted by molar-refractivity contribution is 0.437. The van der Waals surface area contributed by atoms with Crippen LogP contribution in [-0.2, 0) is 6.54 Å². The molecule has 0 aliphatic carbocycles. The Bertz CT molecular complexity index is 295. The van der Waals surface area contributed by atoms with Gasteiger partial charge < -0.3 is 10.6 Å². The molecule has 2 heterocycles. The van der Waals surface area contributed by atoms with Crippen molar-refractivity contribution in [3.63, 3.8) is 0 Å². The predicted molar refractivity (Wildman–Crippen MR) is 64.0 cm³/mol. The van der Waals surface area contributed by atoms with Crippen molar-refractivity contribution in [3.8, 4) is 0 Å². The van der Waals surface area contributed by atoms with E-state index in [2.05, 4.69) is 27.8 Å². The molecular weight excluding hydrogens is 200 g/mol. The van der Waals surface area contributed by atoms with Gasteiger partial charge in [-0.05, 0) is 44.9 Å². The molecule has 0 saturated carbocycles. The first-order valence-corrected chi connectivity index (χ1v) is 6.08. The van der Waals surface area contributed by atoms with Crippen LogP contribution in [0.1, 0.15) is 31.9 Å². The summed E-state index contributed by atoms with van der Waals surface area (Å²) in [5.41, 5.74) is 1.01. The fourth-order valence-electron chi connectivity index (χ4n) is 2.17. The summed E-state index contributed by atoms with van der Waals surface area (Å²) in [6.45, 7) is 4.22. The van der Waals surface area contributed by atoms with Crippen molar-refractivity contribution in [1.29, 1.82) is 0 Å². The zero-order valence-corrected chi connectivity index (χ0v) is 9.82. The fraction of sp³-hybridized carbons (Fsp3) is 0.667. The average Bonchev–Trinajstić information content (AvgIpc) is 2.81. The minimum Gasteiger partial charge on any atom is -0.314 e. The summed E-state index contributed by atoms with van der Waals surface area (Å²) >= 11 is 0. The standard InChI is InChI=1S/C12H20N4/c1-10(8-11-4-2-6-13-11)14-9-12-5-3-7-15-16-12/h3,5,7,10-11,13-14H,2,4,6,8-9H2,1H3. The topological polar surface area (TPSA) is 49.8 Å². The van der Waals surface area contributed by atoms with Crippen LogP contribution < -0.4 is 10.6 Å². The maximum atomic E-state index is 4.05. The molecule has 0 spiro atoms. The normalized spacial score (nSPS) is 22.2. The molecule has 4 heteroatoms. The molecule has 2 N–H and O–H groups in total. The second kappa shape index (κ2) is 5.92. The van der Waals surface area contributed by atoms with Crippen LogP contribution in [0.15, 0.2) is 18.3 Å². The molecule has 1 aliphatic rings. The fourth-order valence-corrected chi connectivity index (χ4v) is 2.17. The summed E-state index contributed by atoms with van der Waals surface area (Å²) in [6, 6.07) is 5.15. The Morgan fingerprint density at radius 1 is 1.62 bits per heavy atom. The molecule has 0 radical (unpaired) electrons. The minimum atomic E-state index is 0.526. The van der Waals surface area contributed by atoms with Gasteiger partial charge >= 0.3 is 0 Å². The van der Waals surface area contributed by atoms with Gasteiger partial charge in [-0.3, -0.25) is 0 Å². The molecule has 1 fully saturated rings. The molecule has 16 heavy (non-hydrogen) atoms. The van der Waals surface area contributed by atoms with Gasteiger partial charge in [-0.25, -0.2) is 0 Å². The Labute approximate surface area is 96.9 Å². The molecule has 1 saturated heterocycles. The van der Waals surface area contributed by atoms with E-state index in [-0.39, 0.29) is 0 Å². The van der Waals surface area contributed by atoms with E-state index in [9.17, 15) is 0 Å². The number of hydrogen-bond acceptors (Lipinski definition) is 4. The average molecular weight is 220 g/mol. The largest absolute Gasteiger partial charge is 0.314 e. The minimum absolute atomic E-state index is 0.526. The Morgan fingerprint density at radius 2 is 2.56 bits per heavy atom. The van der Waals surface area contributed by atoms with Crippen molar-refractivity contribution in [2.45, 2.75) is 44.8 Å². The van der Waals surface area contributed by atoms with Crippen molar-refractivity contribution < 1.29 is 0 Å². The Hall–Kier alpha value is -1.00. The third-order valence-corrected chi connectivity index (χ3v) is 3.06. The molecule has 2 rings (SSSR count). The maximum Gasteiger partial charge on any atom is 0.0769 e. The molecule has 4 nitrogen and oxygen atoms in total. The molecule has 2 atom stereocenters. The van der Waals surface area contributed by atoms with E-state index in [0.29, 0.717) is 12.1 Å². The summed E-state index contributed by atoms with van der Waals surface area (Å²) in [5, 5.41) is 14.9. The molecular formula is C12H20N4. The summed E-state index contributed by atoms with van der Waals surface area (Å²) in [6.07, 6.45) is 5.54. The Balaban J connectivity index is 1.69. The molecule has 1 aromatic heterocycles. The highest BCUT2D eigenvalue weighted by molar-refractivity contribution is 4.98. The van der Waals surface area contributed by atoms with E-state index in [1.165, 1.54) is 25.8 Å². The van der Waals surface area contributed by atoms with Crippen molar-refractivity contribution >= 4 is 0 Å². The molecule has 1 aromatic rings. The zero-order chi connectivity index (χ0) is 11.2. The number of rotatable bonds is 5. The molecule has 0 amide bonds. The van der Waals surface area contributed by atoms with Gasteiger partial charge in [0.2, 0.25) is 0 Å². The Kier molecular flexibility index (Phi) is 4.25. The smallest absolute Gasteiger partial charge is 0.0769 e. The molecule has 2 unspecified atom stereocenters. The second-order valence-electron chi connectivity index (χ2n) is 4.53. The van der Waals surface area contributed by atoms with E-state index in [1.807, 2.05) is 12.1 Å². The number of nitrogens with zero attached hydrogens (tertiary/aromatic N) is 2. The van der Waals surface area contributed by atoms with Gasteiger partial charge in [-0.2, -0.15) is 10.2 Å². The van der Waals surface area contributed by atoms with Crippen molar-refractivity contribution in [2.75, 3.05) is 6.54 Å². The lowest BCUT2D eigenvalue weighted by Gasteiger charge is -2.17. The zero-order valence-electron chi connectivity index (χ0n) is 9.82. The van der Waals surface area contributed by atoms with Crippen LogP contribution in [-0.4, -0.2) is 28.8 Å². The predicted octanol–water partition coefficient (Wildman–Crippen LogP) is 1.10. The maximum absolute atomic E-state index is 4.05. The van der Waals surface area contributed by atoms with Gasteiger partial charge in [0, 0.05) is 24.8 Å². The lowest BCUT2D eigenvalue weighted by atomic mass is 10.1. The van der Waals surface area contributed by atoms with E-state index >= 15 is 0 Å². The lowest BCUT2D eigenvalue weighted by Crippen LogP contribution is -2.33. The molecule has 1 aliphatic heterocycles. The first kappa shape index (κ1) is 11.5. The van der Waals surface area contributed by atoms with Crippen LogP contribution in [0.25, 0.3) is 0 Å². The quantitative estimate of drug-likeness (QED) is 0.780. The van der Waals surface area contributed by atoms with Crippen LogP contribution in [0.5, 0.6) is 0 Å². The first-order chi connectivity index (χ1) is 7.84. The number of aromatic nitrogens is 2. The van der Waals surface area contributed by atoms with E-state index in [0.717, 1.165) is 12.2 Å². The van der Waals surface area contributed by atoms with Crippen molar-refractivity contribution in [2.24, 2.45) is 0 Å². The third-order valence-electron chi connectivity index (χ3n) is 3.06. The highest BCUT2D eigenvalue weighted by Gasteiger charge is 2.16. The number of hydrogen-bond donors (Lipinski definition) is 2. The van der Waals surface area contributed by atoms with Gasteiger partial charge in [0.25, 0.3) is 0 Å². The summed E-state index contributed by atoms with van der Waals surface area (Å²) in [5.74, 6) is 0. The third kappa shape index (κ3) is 3.54. The SMILES string of the molecule is CC(CC1CCCN1)NCc1cccnn1. The van der Waals surface area contributed by atoms with Gasteiger partial charge in [-0.1, -0.05) is 0 Å². The molecule has 0 aromatic carbocycles. The van der Waals surface area contributed by atoms with Crippen LogP contribution in [0.3, 0.4) is 0 Å². The van der Waals surface area contributed by atoms with Crippen LogP contribution in [0.4, 0.5) is 0 Å². The highest BCUT2D eigenvalue weighted by Crippen LogP contribution is 2.10. The number of nitrogens with one attached hydrogen (secondary N) is 2. The van der Waals surface area contributed by atoms with E-state index in [4.69, 9.17) is 0 Å². The van der Waals surface area contributed by atoms with E-state index in [1.54, 1.807) is 6.20 Å². The summed E-state index contributed by atoms with van der Waals surface area (Å²) in [7, 11) is 0. The monoisotopic (exact) mass is 220 g/mol. The molecule has 88 valence electrons. The molecule has 0 bridgehead atoms.